The standard InChI is InChI=1S/C21H30O2/c1-15(2)18-10-6-9-17(14-18)11-12-19-16(3)8-7-13-21(19,4)20(22)23-5/h6,9-10,14-15H,7-8,11-13H2,1-5H3/t21-/m1/s1. The van der Waals surface area contributed by atoms with E-state index in [2.05, 4.69) is 52.0 Å². The van der Waals surface area contributed by atoms with Crippen LogP contribution < -0.4 is 0 Å². The number of carbonyl (C=O) groups is 1. The minimum atomic E-state index is -0.438. The molecule has 1 aliphatic rings. The minimum absolute atomic E-state index is 0.0810. The average molecular weight is 314 g/mol. The molecule has 1 aromatic rings. The number of ether oxygens (including phenoxy) is 1. The first-order chi connectivity index (χ1) is 10.9. The summed E-state index contributed by atoms with van der Waals surface area (Å²) in [5, 5.41) is 0. The molecule has 0 amide bonds. The predicted octanol–water partition coefficient (Wildman–Crippen LogP) is 5.42. The van der Waals surface area contributed by atoms with Gasteiger partial charge in [-0.1, -0.05) is 49.3 Å². The van der Waals surface area contributed by atoms with Crippen molar-refractivity contribution in [3.05, 3.63) is 46.5 Å². The Labute approximate surface area is 140 Å². The number of allylic oxidation sites excluding steroid dienone is 1. The summed E-state index contributed by atoms with van der Waals surface area (Å²) in [7, 11) is 1.50. The van der Waals surface area contributed by atoms with Gasteiger partial charge in [0.15, 0.2) is 0 Å². The van der Waals surface area contributed by atoms with E-state index in [0.29, 0.717) is 5.92 Å². The van der Waals surface area contributed by atoms with Crippen LogP contribution in [0.1, 0.15) is 70.4 Å². The van der Waals surface area contributed by atoms with Crippen LogP contribution in [0.2, 0.25) is 0 Å². The van der Waals surface area contributed by atoms with Gasteiger partial charge in [-0.05, 0) is 63.0 Å². The summed E-state index contributed by atoms with van der Waals surface area (Å²) in [6.45, 7) is 8.68. The summed E-state index contributed by atoms with van der Waals surface area (Å²) >= 11 is 0. The van der Waals surface area contributed by atoms with Gasteiger partial charge < -0.3 is 4.74 Å². The molecule has 0 N–H and O–H groups in total. The maximum atomic E-state index is 12.3. The molecular formula is C21H30O2. The maximum Gasteiger partial charge on any atom is 0.315 e. The third-order valence-corrected chi connectivity index (χ3v) is 5.33. The first kappa shape index (κ1) is 17.8. The smallest absolute Gasteiger partial charge is 0.315 e. The quantitative estimate of drug-likeness (QED) is 0.535. The van der Waals surface area contributed by atoms with E-state index < -0.39 is 5.41 Å². The van der Waals surface area contributed by atoms with Crippen molar-refractivity contribution in [3.63, 3.8) is 0 Å². The number of methoxy groups -OCH3 is 1. The molecule has 2 nitrogen and oxygen atoms in total. The minimum Gasteiger partial charge on any atom is -0.468 e. The van der Waals surface area contributed by atoms with Crippen molar-refractivity contribution in [2.24, 2.45) is 5.41 Å². The topological polar surface area (TPSA) is 26.3 Å². The lowest BCUT2D eigenvalue weighted by atomic mass is 9.69. The highest BCUT2D eigenvalue weighted by atomic mass is 16.5. The van der Waals surface area contributed by atoms with E-state index in [1.54, 1.807) is 0 Å². The second-order valence-electron chi connectivity index (χ2n) is 7.34. The molecule has 0 heterocycles. The highest BCUT2D eigenvalue weighted by molar-refractivity contribution is 5.80. The number of benzene rings is 1. The van der Waals surface area contributed by atoms with E-state index in [9.17, 15) is 4.79 Å². The van der Waals surface area contributed by atoms with Crippen molar-refractivity contribution in [1.29, 1.82) is 0 Å². The van der Waals surface area contributed by atoms with Crippen molar-refractivity contribution in [3.8, 4) is 0 Å². The monoisotopic (exact) mass is 314 g/mol. The lowest BCUT2D eigenvalue weighted by molar-refractivity contribution is -0.150. The molecule has 0 spiro atoms. The number of hydrogen-bond donors (Lipinski definition) is 0. The molecule has 0 aliphatic heterocycles. The van der Waals surface area contributed by atoms with Gasteiger partial charge in [0.1, 0.15) is 0 Å². The van der Waals surface area contributed by atoms with Gasteiger partial charge in [-0.2, -0.15) is 0 Å². The molecule has 0 saturated carbocycles. The van der Waals surface area contributed by atoms with Crippen LogP contribution in [0, 0.1) is 5.41 Å². The lowest BCUT2D eigenvalue weighted by Crippen LogP contribution is -2.34. The van der Waals surface area contributed by atoms with E-state index >= 15 is 0 Å². The molecule has 23 heavy (non-hydrogen) atoms. The number of rotatable bonds is 5. The molecule has 2 heteroatoms. The second kappa shape index (κ2) is 7.33. The van der Waals surface area contributed by atoms with E-state index in [1.165, 1.54) is 29.4 Å². The van der Waals surface area contributed by atoms with Crippen LogP contribution in [0.15, 0.2) is 35.4 Å². The van der Waals surface area contributed by atoms with Crippen molar-refractivity contribution >= 4 is 5.97 Å². The van der Waals surface area contributed by atoms with Crippen LogP contribution in [-0.2, 0) is 16.0 Å². The number of hydrogen-bond acceptors (Lipinski definition) is 2. The van der Waals surface area contributed by atoms with Crippen LogP contribution >= 0.6 is 0 Å². The van der Waals surface area contributed by atoms with Gasteiger partial charge in [0.25, 0.3) is 0 Å². The maximum absolute atomic E-state index is 12.3. The van der Waals surface area contributed by atoms with Crippen LogP contribution in [0.3, 0.4) is 0 Å². The largest absolute Gasteiger partial charge is 0.468 e. The highest BCUT2D eigenvalue weighted by Gasteiger charge is 2.40. The Morgan fingerprint density at radius 3 is 2.70 bits per heavy atom. The fourth-order valence-electron chi connectivity index (χ4n) is 3.80. The molecule has 0 unspecified atom stereocenters. The molecule has 1 aromatic carbocycles. The third kappa shape index (κ3) is 3.85. The predicted molar refractivity (Wildman–Crippen MR) is 95.5 cm³/mol. The number of esters is 1. The van der Waals surface area contributed by atoms with E-state index in [1.807, 2.05) is 0 Å². The van der Waals surface area contributed by atoms with Gasteiger partial charge in [0.2, 0.25) is 0 Å². The Balaban J connectivity index is 2.20. The van der Waals surface area contributed by atoms with E-state index in [0.717, 1.165) is 32.1 Å². The van der Waals surface area contributed by atoms with Crippen molar-refractivity contribution < 1.29 is 9.53 Å². The normalized spacial score (nSPS) is 21.7. The highest BCUT2D eigenvalue weighted by Crippen LogP contribution is 2.43. The molecule has 126 valence electrons. The second-order valence-corrected chi connectivity index (χ2v) is 7.34. The SMILES string of the molecule is COC(=O)[C@]1(C)CCCC(C)=C1CCc1cccc(C(C)C)c1. The van der Waals surface area contributed by atoms with Crippen LogP contribution in [-0.4, -0.2) is 13.1 Å². The molecular weight excluding hydrogens is 284 g/mol. The molecule has 0 radical (unpaired) electrons. The van der Waals surface area contributed by atoms with Gasteiger partial charge in [-0.15, -0.1) is 0 Å². The zero-order valence-electron chi connectivity index (χ0n) is 15.2. The first-order valence-electron chi connectivity index (χ1n) is 8.75. The lowest BCUT2D eigenvalue weighted by Gasteiger charge is -2.35. The summed E-state index contributed by atoms with van der Waals surface area (Å²) in [4.78, 5) is 12.3. The Bertz CT molecular complexity index is 598. The molecule has 0 bridgehead atoms. The number of aryl methyl sites for hydroxylation is 1. The third-order valence-electron chi connectivity index (χ3n) is 5.33. The van der Waals surface area contributed by atoms with Crippen LogP contribution in [0.4, 0.5) is 0 Å². The molecule has 0 aromatic heterocycles. The van der Waals surface area contributed by atoms with Gasteiger partial charge >= 0.3 is 5.97 Å². The Morgan fingerprint density at radius 1 is 1.30 bits per heavy atom. The van der Waals surface area contributed by atoms with Crippen molar-refractivity contribution in [2.45, 2.75) is 65.7 Å². The van der Waals surface area contributed by atoms with Gasteiger partial charge in [0.05, 0.1) is 12.5 Å². The van der Waals surface area contributed by atoms with Crippen LogP contribution in [0.5, 0.6) is 0 Å². The summed E-state index contributed by atoms with van der Waals surface area (Å²) in [5.74, 6) is 0.466. The van der Waals surface area contributed by atoms with Crippen molar-refractivity contribution in [1.82, 2.24) is 0 Å². The summed E-state index contributed by atoms with van der Waals surface area (Å²) in [5.41, 5.74) is 4.98. The fourth-order valence-corrected chi connectivity index (χ4v) is 3.80. The first-order valence-corrected chi connectivity index (χ1v) is 8.75. The van der Waals surface area contributed by atoms with E-state index in [-0.39, 0.29) is 5.97 Å². The van der Waals surface area contributed by atoms with Gasteiger partial charge in [-0.3, -0.25) is 4.79 Å². The van der Waals surface area contributed by atoms with E-state index in [4.69, 9.17) is 4.74 Å². The summed E-state index contributed by atoms with van der Waals surface area (Å²) in [6.07, 6.45) is 5.01. The summed E-state index contributed by atoms with van der Waals surface area (Å²) < 4.78 is 5.10. The van der Waals surface area contributed by atoms with Gasteiger partial charge in [-0.25, -0.2) is 0 Å². The van der Waals surface area contributed by atoms with Crippen LogP contribution in [0.25, 0.3) is 0 Å². The number of carbonyl (C=O) groups excluding carboxylic acids is 1. The van der Waals surface area contributed by atoms with Crippen molar-refractivity contribution in [2.75, 3.05) is 7.11 Å². The van der Waals surface area contributed by atoms with Gasteiger partial charge in [0, 0.05) is 0 Å². The molecule has 1 aliphatic carbocycles. The molecule has 2 rings (SSSR count). The molecule has 1 atom stereocenters. The Kier molecular flexibility index (Phi) is 5.67. The Hall–Kier alpha value is -1.57. The summed E-state index contributed by atoms with van der Waals surface area (Å²) in [6, 6.07) is 8.84. The molecule has 0 saturated heterocycles. The zero-order valence-corrected chi connectivity index (χ0v) is 15.2. The fraction of sp³-hybridized carbons (Fsp3) is 0.571. The Morgan fingerprint density at radius 2 is 2.04 bits per heavy atom. The molecule has 0 fully saturated rings. The zero-order chi connectivity index (χ0) is 17.0. The average Bonchev–Trinajstić information content (AvgIpc) is 2.53.